The largest absolute Gasteiger partial charge is 0.507 e. The Morgan fingerprint density at radius 3 is 3.15 bits per heavy atom. The van der Waals surface area contributed by atoms with Gasteiger partial charge in [-0.05, 0) is 12.1 Å². The lowest BCUT2D eigenvalue weighted by Crippen LogP contribution is -2.24. The van der Waals surface area contributed by atoms with Gasteiger partial charge in [0.1, 0.15) is 23.7 Å². The first-order valence-electron chi connectivity index (χ1n) is 4.02. The van der Waals surface area contributed by atoms with Gasteiger partial charge in [-0.1, -0.05) is 6.07 Å². The van der Waals surface area contributed by atoms with Gasteiger partial charge in [-0.3, -0.25) is 4.79 Å². The van der Waals surface area contributed by atoms with E-state index >= 15 is 0 Å². The number of phenolic OH excluding ortho intramolecular Hbond substituents is 1. The summed E-state index contributed by atoms with van der Waals surface area (Å²) in [6.45, 7) is 0.898. The Balaban J connectivity index is 2.55. The number of rotatable bonds is 0. The molecule has 0 atom stereocenters. The van der Waals surface area contributed by atoms with Crippen LogP contribution in [0.5, 0.6) is 11.5 Å². The zero-order valence-electron chi connectivity index (χ0n) is 6.91. The van der Waals surface area contributed by atoms with Crippen molar-refractivity contribution in [3.63, 3.8) is 0 Å². The van der Waals surface area contributed by atoms with Crippen LogP contribution >= 0.6 is 0 Å². The van der Waals surface area contributed by atoms with Gasteiger partial charge in [0, 0.05) is 0 Å². The minimum Gasteiger partial charge on any atom is -0.507 e. The van der Waals surface area contributed by atoms with Gasteiger partial charge in [-0.2, -0.15) is 0 Å². The van der Waals surface area contributed by atoms with Crippen LogP contribution < -0.4 is 10.1 Å². The van der Waals surface area contributed by atoms with Crippen molar-refractivity contribution in [1.29, 1.82) is 0 Å². The van der Waals surface area contributed by atoms with E-state index in [0.717, 1.165) is 0 Å². The van der Waals surface area contributed by atoms with Crippen molar-refractivity contribution >= 4 is 5.91 Å². The molecule has 0 aromatic heterocycles. The van der Waals surface area contributed by atoms with Crippen molar-refractivity contribution in [2.45, 2.75) is 0 Å². The van der Waals surface area contributed by atoms with E-state index in [-0.39, 0.29) is 17.2 Å². The van der Waals surface area contributed by atoms with Crippen molar-refractivity contribution in [3.05, 3.63) is 23.8 Å². The van der Waals surface area contributed by atoms with E-state index in [0.29, 0.717) is 18.9 Å². The second-order valence-corrected chi connectivity index (χ2v) is 2.75. The van der Waals surface area contributed by atoms with Crippen LogP contribution in [0.25, 0.3) is 0 Å². The summed E-state index contributed by atoms with van der Waals surface area (Å²) in [7, 11) is 0. The fourth-order valence-corrected chi connectivity index (χ4v) is 1.28. The number of carbonyl (C=O) groups is 1. The summed E-state index contributed by atoms with van der Waals surface area (Å²) in [5.74, 6) is 0.109. The van der Waals surface area contributed by atoms with Gasteiger partial charge >= 0.3 is 0 Å². The molecule has 1 amide bonds. The van der Waals surface area contributed by atoms with Crippen LogP contribution in [0.15, 0.2) is 18.2 Å². The number of carbonyl (C=O) groups excluding carboxylic acids is 1. The molecule has 4 nitrogen and oxygen atoms in total. The highest BCUT2D eigenvalue weighted by atomic mass is 16.5. The molecule has 1 aromatic rings. The molecule has 68 valence electrons. The topological polar surface area (TPSA) is 58.6 Å². The lowest BCUT2D eigenvalue weighted by atomic mass is 10.1. The Morgan fingerprint density at radius 1 is 1.46 bits per heavy atom. The molecule has 1 heterocycles. The predicted molar refractivity (Wildman–Crippen MR) is 45.9 cm³/mol. The smallest absolute Gasteiger partial charge is 0.258 e. The van der Waals surface area contributed by atoms with Crippen molar-refractivity contribution in [3.8, 4) is 11.5 Å². The van der Waals surface area contributed by atoms with Gasteiger partial charge in [0.2, 0.25) is 0 Å². The normalized spacial score (nSPS) is 15.2. The number of hydrogen-bond donors (Lipinski definition) is 2. The number of amides is 1. The van der Waals surface area contributed by atoms with Crippen LogP contribution in [0.2, 0.25) is 0 Å². The molecular formula is C9H9NO3. The monoisotopic (exact) mass is 179 g/mol. The van der Waals surface area contributed by atoms with Crippen LogP contribution in [0.1, 0.15) is 10.4 Å². The highest BCUT2D eigenvalue weighted by molar-refractivity contribution is 5.99. The van der Waals surface area contributed by atoms with Gasteiger partial charge < -0.3 is 15.2 Å². The van der Waals surface area contributed by atoms with Gasteiger partial charge in [0.05, 0.1) is 6.54 Å². The zero-order valence-corrected chi connectivity index (χ0v) is 6.91. The first-order valence-corrected chi connectivity index (χ1v) is 4.02. The van der Waals surface area contributed by atoms with Crippen LogP contribution in [-0.4, -0.2) is 24.2 Å². The molecule has 0 bridgehead atoms. The fraction of sp³-hybridized carbons (Fsp3) is 0.222. The molecule has 2 N–H and O–H groups in total. The Kier molecular flexibility index (Phi) is 1.81. The Morgan fingerprint density at radius 2 is 2.31 bits per heavy atom. The van der Waals surface area contributed by atoms with Crippen molar-refractivity contribution in [2.24, 2.45) is 0 Å². The van der Waals surface area contributed by atoms with E-state index in [1.54, 1.807) is 12.1 Å². The molecule has 4 heteroatoms. The summed E-state index contributed by atoms with van der Waals surface area (Å²) in [5.41, 5.74) is 0.222. The van der Waals surface area contributed by atoms with E-state index in [4.69, 9.17) is 4.74 Å². The van der Waals surface area contributed by atoms with E-state index in [2.05, 4.69) is 5.32 Å². The summed E-state index contributed by atoms with van der Waals surface area (Å²) in [5, 5.41) is 12.0. The first kappa shape index (κ1) is 7.91. The summed E-state index contributed by atoms with van der Waals surface area (Å²) < 4.78 is 5.26. The highest BCUT2D eigenvalue weighted by Crippen LogP contribution is 2.28. The summed E-state index contributed by atoms with van der Waals surface area (Å²) >= 11 is 0. The first-order chi connectivity index (χ1) is 6.29. The van der Waals surface area contributed by atoms with Gasteiger partial charge in [-0.15, -0.1) is 0 Å². The Hall–Kier alpha value is -1.71. The average Bonchev–Trinajstić information content (AvgIpc) is 2.29. The summed E-state index contributed by atoms with van der Waals surface area (Å²) in [6.07, 6.45) is 0. The maximum atomic E-state index is 11.4. The minimum absolute atomic E-state index is 0.0445. The van der Waals surface area contributed by atoms with Gasteiger partial charge in [0.25, 0.3) is 5.91 Å². The Bertz CT molecular complexity index is 349. The molecule has 1 aliphatic heterocycles. The van der Waals surface area contributed by atoms with Crippen LogP contribution in [0.4, 0.5) is 0 Å². The molecule has 0 spiro atoms. The van der Waals surface area contributed by atoms with E-state index in [1.807, 2.05) is 0 Å². The molecule has 0 radical (unpaired) electrons. The predicted octanol–water partition coefficient (Wildman–Crippen LogP) is 0.514. The molecule has 13 heavy (non-hydrogen) atoms. The molecule has 1 aromatic carbocycles. The SMILES string of the molecule is O=C1NCCOc2cccc(O)c21. The van der Waals surface area contributed by atoms with Gasteiger partial charge in [0.15, 0.2) is 0 Å². The van der Waals surface area contributed by atoms with E-state index in [1.165, 1.54) is 6.07 Å². The average molecular weight is 179 g/mol. The van der Waals surface area contributed by atoms with Crippen molar-refractivity contribution in [2.75, 3.05) is 13.2 Å². The molecule has 0 unspecified atom stereocenters. The Labute approximate surface area is 75.1 Å². The highest BCUT2D eigenvalue weighted by Gasteiger charge is 2.19. The molecular weight excluding hydrogens is 170 g/mol. The van der Waals surface area contributed by atoms with E-state index in [9.17, 15) is 9.90 Å². The lowest BCUT2D eigenvalue weighted by molar-refractivity contribution is 0.0954. The second-order valence-electron chi connectivity index (χ2n) is 2.75. The maximum Gasteiger partial charge on any atom is 0.258 e. The fourth-order valence-electron chi connectivity index (χ4n) is 1.28. The molecule has 0 aliphatic carbocycles. The third-order valence-electron chi connectivity index (χ3n) is 1.88. The van der Waals surface area contributed by atoms with Crippen molar-refractivity contribution in [1.82, 2.24) is 5.32 Å². The zero-order chi connectivity index (χ0) is 9.26. The summed E-state index contributed by atoms with van der Waals surface area (Å²) in [6, 6.07) is 4.78. The summed E-state index contributed by atoms with van der Waals surface area (Å²) in [4.78, 5) is 11.4. The van der Waals surface area contributed by atoms with Crippen molar-refractivity contribution < 1.29 is 14.6 Å². The third-order valence-corrected chi connectivity index (χ3v) is 1.88. The number of nitrogens with one attached hydrogen (secondary N) is 1. The molecule has 2 rings (SSSR count). The number of aromatic hydroxyl groups is 1. The van der Waals surface area contributed by atoms with Gasteiger partial charge in [-0.25, -0.2) is 0 Å². The molecule has 0 fully saturated rings. The molecule has 0 saturated heterocycles. The third kappa shape index (κ3) is 1.30. The standard InChI is InChI=1S/C9H9NO3/c11-6-2-1-3-7-8(6)9(12)10-4-5-13-7/h1-3,11H,4-5H2,(H,10,12). The molecule has 0 saturated carbocycles. The second kappa shape index (κ2) is 2.97. The number of benzene rings is 1. The quantitative estimate of drug-likeness (QED) is 0.610. The van der Waals surface area contributed by atoms with Crippen LogP contribution in [-0.2, 0) is 0 Å². The molecule has 1 aliphatic rings. The van der Waals surface area contributed by atoms with E-state index < -0.39 is 0 Å². The maximum absolute atomic E-state index is 11.4. The van der Waals surface area contributed by atoms with Crippen LogP contribution in [0.3, 0.4) is 0 Å². The number of hydrogen-bond acceptors (Lipinski definition) is 3. The van der Waals surface area contributed by atoms with Crippen LogP contribution in [0, 0.1) is 0 Å². The number of phenols is 1. The number of fused-ring (bicyclic) bond motifs is 1. The number of ether oxygens (including phenoxy) is 1. The lowest BCUT2D eigenvalue weighted by Gasteiger charge is -2.05. The minimum atomic E-state index is -0.286.